The normalized spacial score (nSPS) is 10.9. The summed E-state index contributed by atoms with van der Waals surface area (Å²) in [6, 6.07) is 19.0. The third-order valence-corrected chi connectivity index (χ3v) is 6.51. The molecule has 1 N–H and O–H groups in total. The first-order valence-electron chi connectivity index (χ1n) is 10.0. The van der Waals surface area contributed by atoms with Gasteiger partial charge in [0, 0.05) is 10.1 Å². The first-order chi connectivity index (χ1) is 16.5. The monoisotopic (exact) mass is 494 g/mol. The van der Waals surface area contributed by atoms with E-state index in [0.717, 1.165) is 10.1 Å². The maximum absolute atomic E-state index is 12.5. The number of methoxy groups -OCH3 is 2. The molecule has 0 fully saturated rings. The number of ether oxygens (including phenoxy) is 3. The largest absolute Gasteiger partial charge is 0.497 e. The summed E-state index contributed by atoms with van der Waals surface area (Å²) in [6.45, 7) is 0. The van der Waals surface area contributed by atoms with E-state index in [-0.39, 0.29) is 5.75 Å². The van der Waals surface area contributed by atoms with Gasteiger partial charge in [0.05, 0.1) is 31.0 Å². The summed E-state index contributed by atoms with van der Waals surface area (Å²) < 4.78 is 16.8. The van der Waals surface area contributed by atoms with Crippen molar-refractivity contribution in [3.05, 3.63) is 87.8 Å². The van der Waals surface area contributed by atoms with Gasteiger partial charge in [0.15, 0.2) is 11.5 Å². The molecule has 7 nitrogen and oxygen atoms in total. The van der Waals surface area contributed by atoms with E-state index in [1.165, 1.54) is 24.7 Å². The number of amides is 1. The standard InChI is InChI=1S/C25H19ClN2O5S/c1-31-17-10-8-16(9-11-17)25(30)33-19-12-7-15(13-20(19)32-2)14-27-28-24(29)23-22(26)18-5-3-4-6-21(18)34-23/h3-14H,1-2H3,(H,28,29). The SMILES string of the molecule is COc1ccc(C(=O)Oc2ccc(C=NNC(=O)c3sc4ccccc4c3Cl)cc2OC)cc1. The second-order valence-corrected chi connectivity index (χ2v) is 8.40. The zero-order chi connectivity index (χ0) is 24.1. The van der Waals surface area contributed by atoms with E-state index in [2.05, 4.69) is 10.5 Å². The zero-order valence-corrected chi connectivity index (χ0v) is 19.8. The molecular formula is C25H19ClN2O5S. The molecule has 172 valence electrons. The zero-order valence-electron chi connectivity index (χ0n) is 18.2. The molecule has 0 saturated heterocycles. The number of nitrogens with one attached hydrogen (secondary N) is 1. The van der Waals surface area contributed by atoms with Crippen molar-refractivity contribution in [2.45, 2.75) is 0 Å². The van der Waals surface area contributed by atoms with Crippen molar-refractivity contribution in [3.8, 4) is 17.2 Å². The highest BCUT2D eigenvalue weighted by Crippen LogP contribution is 2.35. The molecule has 4 rings (SSSR count). The topological polar surface area (TPSA) is 86.2 Å². The molecule has 9 heteroatoms. The van der Waals surface area contributed by atoms with Gasteiger partial charge in [0.1, 0.15) is 10.6 Å². The molecule has 1 heterocycles. The summed E-state index contributed by atoms with van der Waals surface area (Å²) in [4.78, 5) is 25.3. The van der Waals surface area contributed by atoms with Crippen molar-refractivity contribution in [3.63, 3.8) is 0 Å². The van der Waals surface area contributed by atoms with Crippen LogP contribution in [-0.2, 0) is 0 Å². The van der Waals surface area contributed by atoms with Gasteiger partial charge in [0.2, 0.25) is 0 Å². The van der Waals surface area contributed by atoms with Crippen molar-refractivity contribution >= 4 is 51.1 Å². The second kappa shape index (κ2) is 10.4. The van der Waals surface area contributed by atoms with Crippen molar-refractivity contribution < 1.29 is 23.8 Å². The van der Waals surface area contributed by atoms with Gasteiger partial charge < -0.3 is 14.2 Å². The molecule has 1 aromatic heterocycles. The van der Waals surface area contributed by atoms with Gasteiger partial charge in [-0.15, -0.1) is 11.3 Å². The number of carbonyl (C=O) groups excluding carboxylic acids is 2. The van der Waals surface area contributed by atoms with Crippen LogP contribution in [0.4, 0.5) is 0 Å². The fourth-order valence-corrected chi connectivity index (χ4v) is 4.52. The van der Waals surface area contributed by atoms with Crippen LogP contribution in [-0.4, -0.2) is 32.3 Å². The fraction of sp³-hybridized carbons (Fsp3) is 0.0800. The molecule has 0 spiro atoms. The highest BCUT2D eigenvalue weighted by Gasteiger charge is 2.16. The maximum Gasteiger partial charge on any atom is 0.343 e. The molecule has 0 radical (unpaired) electrons. The Morgan fingerprint density at radius 3 is 2.44 bits per heavy atom. The molecule has 0 atom stereocenters. The predicted molar refractivity (Wildman–Crippen MR) is 133 cm³/mol. The summed E-state index contributed by atoms with van der Waals surface area (Å²) in [7, 11) is 3.01. The Kier molecular flexibility index (Phi) is 7.10. The van der Waals surface area contributed by atoms with E-state index in [1.54, 1.807) is 49.6 Å². The number of rotatable bonds is 7. The number of carbonyl (C=O) groups is 2. The lowest BCUT2D eigenvalue weighted by molar-refractivity contribution is 0.0729. The molecule has 0 aliphatic rings. The van der Waals surface area contributed by atoms with Gasteiger partial charge in [0.25, 0.3) is 5.91 Å². The van der Waals surface area contributed by atoms with Crippen molar-refractivity contribution in [1.29, 1.82) is 0 Å². The number of benzene rings is 3. The van der Waals surface area contributed by atoms with Gasteiger partial charge >= 0.3 is 5.97 Å². The minimum Gasteiger partial charge on any atom is -0.497 e. The van der Waals surface area contributed by atoms with E-state index in [1.807, 2.05) is 24.3 Å². The van der Waals surface area contributed by atoms with Crippen LogP contribution in [0, 0.1) is 0 Å². The average Bonchev–Trinajstić information content (AvgIpc) is 3.21. The Hall–Kier alpha value is -3.88. The fourth-order valence-electron chi connectivity index (χ4n) is 3.11. The maximum atomic E-state index is 12.5. The molecule has 4 aromatic rings. The number of hydrazone groups is 1. The van der Waals surface area contributed by atoms with Crippen molar-refractivity contribution in [1.82, 2.24) is 5.43 Å². The van der Waals surface area contributed by atoms with Crippen LogP contribution in [0.2, 0.25) is 5.02 Å². The highest BCUT2D eigenvalue weighted by atomic mass is 35.5. The lowest BCUT2D eigenvalue weighted by Crippen LogP contribution is -2.16. The van der Waals surface area contributed by atoms with Crippen LogP contribution in [0.25, 0.3) is 10.1 Å². The van der Waals surface area contributed by atoms with E-state index >= 15 is 0 Å². The lowest BCUT2D eigenvalue weighted by atomic mass is 10.2. The molecule has 3 aromatic carbocycles. The summed E-state index contributed by atoms with van der Waals surface area (Å²) in [5, 5.41) is 5.24. The average molecular weight is 495 g/mol. The number of hydrogen-bond donors (Lipinski definition) is 1. The van der Waals surface area contributed by atoms with Crippen molar-refractivity contribution in [2.24, 2.45) is 5.10 Å². The Morgan fingerprint density at radius 2 is 1.74 bits per heavy atom. The van der Waals surface area contributed by atoms with Crippen LogP contribution >= 0.6 is 22.9 Å². The molecule has 0 aliphatic heterocycles. The van der Waals surface area contributed by atoms with Gasteiger partial charge in [-0.05, 0) is 54.1 Å². The number of esters is 1. The van der Waals surface area contributed by atoms with Crippen LogP contribution in [0.5, 0.6) is 17.2 Å². The lowest BCUT2D eigenvalue weighted by Gasteiger charge is -2.10. The molecule has 0 aliphatic carbocycles. The number of nitrogens with zero attached hydrogens (tertiary/aromatic N) is 1. The Bertz CT molecular complexity index is 1380. The molecular weight excluding hydrogens is 476 g/mol. The Balaban J connectivity index is 1.43. The Labute approximate surface area is 204 Å². The summed E-state index contributed by atoms with van der Waals surface area (Å²) in [5.74, 6) is 0.292. The second-order valence-electron chi connectivity index (χ2n) is 6.97. The molecule has 1 amide bonds. The molecule has 0 bridgehead atoms. The van der Waals surface area contributed by atoms with E-state index in [4.69, 9.17) is 25.8 Å². The summed E-state index contributed by atoms with van der Waals surface area (Å²) in [6.07, 6.45) is 1.46. The van der Waals surface area contributed by atoms with Crippen LogP contribution in [0.3, 0.4) is 0 Å². The minimum absolute atomic E-state index is 0.251. The smallest absolute Gasteiger partial charge is 0.343 e. The first kappa shape index (κ1) is 23.3. The number of fused-ring (bicyclic) bond motifs is 1. The predicted octanol–water partition coefficient (Wildman–Crippen LogP) is 5.56. The third-order valence-electron chi connectivity index (χ3n) is 4.84. The van der Waals surface area contributed by atoms with Crippen LogP contribution in [0.15, 0.2) is 71.8 Å². The molecule has 0 unspecified atom stereocenters. The van der Waals surface area contributed by atoms with Crippen LogP contribution < -0.4 is 19.6 Å². The van der Waals surface area contributed by atoms with E-state index < -0.39 is 11.9 Å². The van der Waals surface area contributed by atoms with Gasteiger partial charge in [-0.25, -0.2) is 10.2 Å². The number of thiophene rings is 1. The highest BCUT2D eigenvalue weighted by molar-refractivity contribution is 7.21. The Morgan fingerprint density at radius 1 is 0.971 bits per heavy atom. The van der Waals surface area contributed by atoms with E-state index in [9.17, 15) is 9.59 Å². The van der Waals surface area contributed by atoms with Crippen LogP contribution in [0.1, 0.15) is 25.6 Å². The minimum atomic E-state index is -0.533. The summed E-state index contributed by atoms with van der Waals surface area (Å²) in [5.41, 5.74) is 3.48. The van der Waals surface area contributed by atoms with E-state index in [0.29, 0.717) is 32.5 Å². The van der Waals surface area contributed by atoms with Gasteiger partial charge in [-0.2, -0.15) is 5.10 Å². The number of halogens is 1. The van der Waals surface area contributed by atoms with Crippen molar-refractivity contribution in [2.75, 3.05) is 14.2 Å². The molecule has 34 heavy (non-hydrogen) atoms. The molecule has 0 saturated carbocycles. The quantitative estimate of drug-likeness (QED) is 0.157. The number of hydrogen-bond acceptors (Lipinski definition) is 7. The first-order valence-corrected chi connectivity index (χ1v) is 11.2. The van der Waals surface area contributed by atoms with Gasteiger partial charge in [-0.1, -0.05) is 29.8 Å². The van der Waals surface area contributed by atoms with Gasteiger partial charge in [-0.3, -0.25) is 4.79 Å². The third kappa shape index (κ3) is 5.03. The summed E-state index contributed by atoms with van der Waals surface area (Å²) >= 11 is 7.64.